The van der Waals surface area contributed by atoms with E-state index in [1.807, 2.05) is 0 Å². The summed E-state index contributed by atoms with van der Waals surface area (Å²) >= 11 is 4.88. The lowest BCUT2D eigenvalue weighted by Crippen LogP contribution is -2.43. The van der Waals surface area contributed by atoms with Gasteiger partial charge in [-0.05, 0) is 12.8 Å². The summed E-state index contributed by atoms with van der Waals surface area (Å²) in [5.74, 6) is -1.59. The number of hydrogen-bond acceptors (Lipinski definition) is 5. The molecule has 2 unspecified atom stereocenters. The van der Waals surface area contributed by atoms with Crippen LogP contribution in [0, 0.1) is 5.92 Å². The van der Waals surface area contributed by atoms with Gasteiger partial charge < -0.3 is 10.5 Å². The van der Waals surface area contributed by atoms with Crippen LogP contribution in [0.4, 0.5) is 0 Å². The molecule has 1 aliphatic rings. The number of nitrogens with two attached hydrogens (primary N) is 1. The van der Waals surface area contributed by atoms with Crippen LogP contribution in [-0.4, -0.2) is 38.3 Å². The highest BCUT2D eigenvalue weighted by Gasteiger charge is 2.33. The van der Waals surface area contributed by atoms with Crippen molar-refractivity contribution in [1.29, 1.82) is 0 Å². The van der Waals surface area contributed by atoms with E-state index in [0.29, 0.717) is 11.4 Å². The van der Waals surface area contributed by atoms with Crippen LogP contribution in [0.25, 0.3) is 0 Å². The Hall–Kier alpha value is -0.730. The fourth-order valence-corrected chi connectivity index (χ4v) is 3.47. The summed E-state index contributed by atoms with van der Waals surface area (Å²) in [7, 11) is -2.54. The Balaban J connectivity index is 2.64. The Morgan fingerprint density at radius 3 is 2.71 bits per heavy atom. The quantitative estimate of drug-likeness (QED) is 0.522. The molecule has 1 fully saturated rings. The molecule has 0 bridgehead atoms. The molecule has 0 heterocycles. The van der Waals surface area contributed by atoms with Gasteiger partial charge in [-0.25, -0.2) is 13.1 Å². The normalized spacial score (nSPS) is 24.5. The standard InChI is InChI=1S/C9H16N2O4S2/c1-15-8(12)5-17(13,14)11-7-4-2-3-6(7)9(10)16/h6-7,11H,2-5H2,1H3,(H2,10,16). The molecule has 0 saturated heterocycles. The van der Waals surface area contributed by atoms with E-state index in [1.54, 1.807) is 0 Å². The predicted molar refractivity (Wildman–Crippen MR) is 66.9 cm³/mol. The first-order chi connectivity index (χ1) is 7.85. The maximum absolute atomic E-state index is 11.6. The van der Waals surface area contributed by atoms with E-state index in [4.69, 9.17) is 18.0 Å². The molecule has 1 saturated carbocycles. The van der Waals surface area contributed by atoms with E-state index >= 15 is 0 Å². The zero-order chi connectivity index (χ0) is 13.1. The van der Waals surface area contributed by atoms with Gasteiger partial charge >= 0.3 is 5.97 Å². The first kappa shape index (κ1) is 14.3. The van der Waals surface area contributed by atoms with Crippen molar-refractivity contribution in [3.8, 4) is 0 Å². The lowest BCUT2D eigenvalue weighted by Gasteiger charge is -2.19. The minimum atomic E-state index is -3.68. The Morgan fingerprint density at radius 2 is 2.18 bits per heavy atom. The van der Waals surface area contributed by atoms with Crippen molar-refractivity contribution < 1.29 is 17.9 Å². The molecule has 0 spiro atoms. The molecule has 8 heteroatoms. The van der Waals surface area contributed by atoms with Crippen LogP contribution in [0.3, 0.4) is 0 Å². The molecule has 6 nitrogen and oxygen atoms in total. The van der Waals surface area contributed by atoms with Crippen LogP contribution < -0.4 is 10.5 Å². The van der Waals surface area contributed by atoms with Crippen molar-refractivity contribution in [1.82, 2.24) is 4.72 Å². The van der Waals surface area contributed by atoms with E-state index < -0.39 is 21.7 Å². The zero-order valence-electron chi connectivity index (χ0n) is 9.51. The number of rotatable bonds is 5. The number of carbonyl (C=O) groups is 1. The summed E-state index contributed by atoms with van der Waals surface area (Å²) in [4.78, 5) is 11.2. The van der Waals surface area contributed by atoms with Crippen LogP contribution in [0.2, 0.25) is 0 Å². The van der Waals surface area contributed by atoms with Gasteiger partial charge in [0.15, 0.2) is 5.75 Å². The Labute approximate surface area is 106 Å². The third-order valence-corrected chi connectivity index (χ3v) is 4.33. The molecule has 3 N–H and O–H groups in total. The van der Waals surface area contributed by atoms with Gasteiger partial charge in [0.05, 0.1) is 12.1 Å². The SMILES string of the molecule is COC(=O)CS(=O)(=O)NC1CCCC1C(N)=S. The summed E-state index contributed by atoms with van der Waals surface area (Å²) in [6.07, 6.45) is 2.33. The minimum absolute atomic E-state index is 0.127. The number of hydrogen-bond donors (Lipinski definition) is 2. The molecule has 0 aromatic rings. The first-order valence-corrected chi connectivity index (χ1v) is 7.28. The summed E-state index contributed by atoms with van der Waals surface area (Å²) in [6.45, 7) is 0. The van der Waals surface area contributed by atoms with Gasteiger partial charge in [0.2, 0.25) is 10.0 Å². The van der Waals surface area contributed by atoms with Crippen LogP contribution in [0.1, 0.15) is 19.3 Å². The van der Waals surface area contributed by atoms with E-state index in [-0.39, 0.29) is 12.0 Å². The van der Waals surface area contributed by atoms with Crippen molar-refractivity contribution in [3.63, 3.8) is 0 Å². The second kappa shape index (κ2) is 5.74. The molecular weight excluding hydrogens is 264 g/mol. The lowest BCUT2D eigenvalue weighted by molar-refractivity contribution is -0.137. The second-order valence-electron chi connectivity index (χ2n) is 4.00. The maximum atomic E-state index is 11.6. The summed E-state index contributed by atoms with van der Waals surface area (Å²) in [5.41, 5.74) is 5.54. The third-order valence-electron chi connectivity index (χ3n) is 2.75. The zero-order valence-corrected chi connectivity index (χ0v) is 11.1. The van der Waals surface area contributed by atoms with Crippen molar-refractivity contribution in [2.75, 3.05) is 12.9 Å². The molecule has 98 valence electrons. The van der Waals surface area contributed by atoms with Gasteiger partial charge in [0.25, 0.3) is 0 Å². The van der Waals surface area contributed by atoms with Crippen LogP contribution >= 0.6 is 12.2 Å². The number of thiocarbonyl (C=S) groups is 1. The highest BCUT2D eigenvalue weighted by atomic mass is 32.2. The van der Waals surface area contributed by atoms with Gasteiger partial charge in [0, 0.05) is 12.0 Å². The summed E-state index contributed by atoms with van der Waals surface area (Å²) < 4.78 is 30.0. The van der Waals surface area contributed by atoms with Crippen LogP contribution in [0.5, 0.6) is 0 Å². The number of sulfonamides is 1. The monoisotopic (exact) mass is 280 g/mol. The summed E-state index contributed by atoms with van der Waals surface area (Å²) in [5, 5.41) is 0. The smallest absolute Gasteiger partial charge is 0.322 e. The van der Waals surface area contributed by atoms with Crippen LogP contribution in [-0.2, 0) is 19.6 Å². The van der Waals surface area contributed by atoms with Gasteiger partial charge in [-0.3, -0.25) is 4.79 Å². The van der Waals surface area contributed by atoms with Gasteiger partial charge in [-0.2, -0.15) is 0 Å². The van der Waals surface area contributed by atoms with Crippen LogP contribution in [0.15, 0.2) is 0 Å². The van der Waals surface area contributed by atoms with Gasteiger partial charge in [-0.15, -0.1) is 0 Å². The fourth-order valence-electron chi connectivity index (χ4n) is 1.93. The van der Waals surface area contributed by atoms with Gasteiger partial charge in [-0.1, -0.05) is 18.6 Å². The van der Waals surface area contributed by atoms with E-state index in [2.05, 4.69) is 9.46 Å². The Kier molecular flexibility index (Phi) is 4.84. The van der Waals surface area contributed by atoms with E-state index in [0.717, 1.165) is 20.0 Å². The Bertz CT molecular complexity index is 407. The largest absolute Gasteiger partial charge is 0.468 e. The lowest BCUT2D eigenvalue weighted by atomic mass is 10.1. The van der Waals surface area contributed by atoms with E-state index in [9.17, 15) is 13.2 Å². The highest BCUT2D eigenvalue weighted by molar-refractivity contribution is 7.90. The molecule has 0 aliphatic heterocycles. The topological polar surface area (TPSA) is 98.5 Å². The Morgan fingerprint density at radius 1 is 1.53 bits per heavy atom. The molecule has 17 heavy (non-hydrogen) atoms. The predicted octanol–water partition coefficient (Wildman–Crippen LogP) is -0.466. The molecular formula is C9H16N2O4S2. The molecule has 0 aromatic heterocycles. The average molecular weight is 280 g/mol. The molecule has 0 aromatic carbocycles. The van der Waals surface area contributed by atoms with Crippen molar-refractivity contribution in [2.24, 2.45) is 11.7 Å². The average Bonchev–Trinajstić information content (AvgIpc) is 2.64. The van der Waals surface area contributed by atoms with Crippen molar-refractivity contribution in [3.05, 3.63) is 0 Å². The van der Waals surface area contributed by atoms with E-state index in [1.165, 1.54) is 0 Å². The number of nitrogens with one attached hydrogen (secondary N) is 1. The molecule has 0 amide bonds. The summed E-state index contributed by atoms with van der Waals surface area (Å²) in [6, 6.07) is -0.304. The molecule has 0 radical (unpaired) electrons. The third kappa shape index (κ3) is 4.21. The first-order valence-electron chi connectivity index (χ1n) is 5.22. The maximum Gasteiger partial charge on any atom is 0.322 e. The fraction of sp³-hybridized carbons (Fsp3) is 0.778. The molecule has 2 atom stereocenters. The number of esters is 1. The molecule has 1 aliphatic carbocycles. The van der Waals surface area contributed by atoms with Gasteiger partial charge in [0.1, 0.15) is 0 Å². The number of carbonyl (C=O) groups excluding carboxylic acids is 1. The second-order valence-corrected chi connectivity index (χ2v) is 6.22. The number of ether oxygens (including phenoxy) is 1. The molecule has 1 rings (SSSR count). The van der Waals surface area contributed by atoms with Crippen molar-refractivity contribution in [2.45, 2.75) is 25.3 Å². The number of methoxy groups -OCH3 is 1. The van der Waals surface area contributed by atoms with Crippen molar-refractivity contribution >= 4 is 33.2 Å². The minimum Gasteiger partial charge on any atom is -0.468 e. The highest BCUT2D eigenvalue weighted by Crippen LogP contribution is 2.26.